The third-order valence-corrected chi connectivity index (χ3v) is 3.92. The van der Waals surface area contributed by atoms with Crippen LogP contribution in [0.25, 0.3) is 5.57 Å². The van der Waals surface area contributed by atoms with Crippen molar-refractivity contribution in [2.24, 2.45) is 0 Å². The number of hydrogen-bond acceptors (Lipinski definition) is 1. The summed E-state index contributed by atoms with van der Waals surface area (Å²) in [4.78, 5) is 12.1. The number of nitrogens with one attached hydrogen (secondary N) is 1. The molecule has 1 N–H and O–H groups in total. The van der Waals surface area contributed by atoms with Crippen LogP contribution >= 0.6 is 0 Å². The van der Waals surface area contributed by atoms with Gasteiger partial charge in [0.05, 0.1) is 0 Å². The molecular weight excluding hydrogens is 277 g/mol. The fourth-order valence-electron chi connectivity index (χ4n) is 2.81. The van der Waals surface area contributed by atoms with Crippen LogP contribution in [-0.4, -0.2) is 5.91 Å². The summed E-state index contributed by atoms with van der Waals surface area (Å²) in [6, 6.07) is 14.6. The number of halogens is 1. The standard InChI is InChI=1S/C19H18FNO/c20-17-10-9-15-7-4-8-16(18(15)12-17)11-19(22)21-13-14-5-2-1-3-6-14/h1-3,5-6,9-12H,4,7-8,13H2,(H,21,22)/b16-11+. The Labute approximate surface area is 129 Å². The Morgan fingerprint density at radius 1 is 1.14 bits per heavy atom. The van der Waals surface area contributed by atoms with Gasteiger partial charge in [-0.15, -0.1) is 0 Å². The van der Waals surface area contributed by atoms with Crippen LogP contribution in [-0.2, 0) is 17.8 Å². The van der Waals surface area contributed by atoms with Crippen LogP contribution in [0.2, 0.25) is 0 Å². The van der Waals surface area contributed by atoms with Crippen LogP contribution in [0, 0.1) is 5.82 Å². The quantitative estimate of drug-likeness (QED) is 0.856. The van der Waals surface area contributed by atoms with Gasteiger partial charge in [-0.2, -0.15) is 0 Å². The van der Waals surface area contributed by atoms with Crippen molar-refractivity contribution in [1.82, 2.24) is 5.32 Å². The van der Waals surface area contributed by atoms with E-state index in [-0.39, 0.29) is 11.7 Å². The maximum absolute atomic E-state index is 13.4. The van der Waals surface area contributed by atoms with E-state index in [1.807, 2.05) is 36.4 Å². The van der Waals surface area contributed by atoms with Crippen LogP contribution < -0.4 is 5.32 Å². The number of hydrogen-bond donors (Lipinski definition) is 1. The fraction of sp³-hybridized carbons (Fsp3) is 0.211. The van der Waals surface area contributed by atoms with Crippen molar-refractivity contribution in [2.45, 2.75) is 25.8 Å². The molecular formula is C19H18FNO. The molecule has 0 bridgehead atoms. The van der Waals surface area contributed by atoms with Gasteiger partial charge in [0.1, 0.15) is 5.82 Å². The van der Waals surface area contributed by atoms with Gasteiger partial charge in [-0.05, 0) is 53.7 Å². The number of fused-ring (bicyclic) bond motifs is 1. The van der Waals surface area contributed by atoms with E-state index >= 15 is 0 Å². The molecule has 3 rings (SSSR count). The van der Waals surface area contributed by atoms with Crippen LogP contribution in [0.1, 0.15) is 29.5 Å². The van der Waals surface area contributed by atoms with Crippen LogP contribution in [0.15, 0.2) is 54.6 Å². The molecule has 0 saturated heterocycles. The van der Waals surface area contributed by atoms with E-state index in [4.69, 9.17) is 0 Å². The van der Waals surface area contributed by atoms with Crippen LogP contribution in [0.3, 0.4) is 0 Å². The highest BCUT2D eigenvalue weighted by atomic mass is 19.1. The first-order chi connectivity index (χ1) is 10.7. The molecule has 0 aromatic heterocycles. The monoisotopic (exact) mass is 295 g/mol. The van der Waals surface area contributed by atoms with Crippen molar-refractivity contribution in [3.63, 3.8) is 0 Å². The molecule has 2 aromatic carbocycles. The van der Waals surface area contributed by atoms with E-state index in [9.17, 15) is 9.18 Å². The van der Waals surface area contributed by atoms with E-state index in [0.717, 1.165) is 41.5 Å². The highest BCUT2D eigenvalue weighted by molar-refractivity contribution is 5.95. The zero-order chi connectivity index (χ0) is 15.4. The Bertz CT molecular complexity index is 707. The molecule has 112 valence electrons. The Hall–Kier alpha value is -2.42. The lowest BCUT2D eigenvalue weighted by Crippen LogP contribution is -2.21. The first kappa shape index (κ1) is 14.5. The Morgan fingerprint density at radius 3 is 2.77 bits per heavy atom. The molecule has 0 radical (unpaired) electrons. The summed E-state index contributed by atoms with van der Waals surface area (Å²) in [5, 5.41) is 2.88. The number of aryl methyl sites for hydroxylation is 1. The second-order valence-corrected chi connectivity index (χ2v) is 5.53. The predicted octanol–water partition coefficient (Wildman–Crippen LogP) is 3.86. The molecule has 1 aliphatic rings. The highest BCUT2D eigenvalue weighted by Gasteiger charge is 2.15. The summed E-state index contributed by atoms with van der Waals surface area (Å²) >= 11 is 0. The van der Waals surface area contributed by atoms with Gasteiger partial charge < -0.3 is 5.32 Å². The van der Waals surface area contributed by atoms with Gasteiger partial charge in [0.25, 0.3) is 0 Å². The lowest BCUT2D eigenvalue weighted by atomic mass is 9.87. The smallest absolute Gasteiger partial charge is 0.244 e. The van der Waals surface area contributed by atoms with Gasteiger partial charge in [-0.25, -0.2) is 4.39 Å². The first-order valence-corrected chi connectivity index (χ1v) is 7.53. The minimum Gasteiger partial charge on any atom is -0.348 e. The fourth-order valence-corrected chi connectivity index (χ4v) is 2.81. The lowest BCUT2D eigenvalue weighted by molar-refractivity contribution is -0.116. The molecule has 2 nitrogen and oxygen atoms in total. The third-order valence-electron chi connectivity index (χ3n) is 3.92. The third kappa shape index (κ3) is 3.42. The molecule has 22 heavy (non-hydrogen) atoms. The molecule has 0 aliphatic heterocycles. The summed E-state index contributed by atoms with van der Waals surface area (Å²) < 4.78 is 13.4. The number of carbonyl (C=O) groups excluding carboxylic acids is 1. The average molecular weight is 295 g/mol. The SMILES string of the molecule is O=C(/C=C1\CCCc2ccc(F)cc21)NCc1ccccc1. The van der Waals surface area contributed by atoms with Crippen LogP contribution in [0.5, 0.6) is 0 Å². The molecule has 1 aliphatic carbocycles. The summed E-state index contributed by atoms with van der Waals surface area (Å²) in [7, 11) is 0. The second-order valence-electron chi connectivity index (χ2n) is 5.53. The van der Waals surface area contributed by atoms with E-state index in [1.165, 1.54) is 12.1 Å². The van der Waals surface area contributed by atoms with Crippen molar-refractivity contribution < 1.29 is 9.18 Å². The Kier molecular flexibility index (Phi) is 4.33. The molecule has 1 amide bonds. The normalized spacial score (nSPS) is 15.4. The van der Waals surface area contributed by atoms with Gasteiger partial charge in [0.2, 0.25) is 5.91 Å². The average Bonchev–Trinajstić information content (AvgIpc) is 2.54. The summed E-state index contributed by atoms with van der Waals surface area (Å²) in [5.41, 5.74) is 3.98. The molecule has 0 unspecified atom stereocenters. The maximum atomic E-state index is 13.4. The highest BCUT2D eigenvalue weighted by Crippen LogP contribution is 2.31. The van der Waals surface area contributed by atoms with Crippen molar-refractivity contribution in [1.29, 1.82) is 0 Å². The van der Waals surface area contributed by atoms with Crippen molar-refractivity contribution in [2.75, 3.05) is 0 Å². The number of rotatable bonds is 3. The molecule has 2 aromatic rings. The second kappa shape index (κ2) is 6.56. The van der Waals surface area contributed by atoms with E-state index < -0.39 is 0 Å². The lowest BCUT2D eigenvalue weighted by Gasteiger charge is -2.19. The number of benzene rings is 2. The predicted molar refractivity (Wildman–Crippen MR) is 85.6 cm³/mol. The molecule has 3 heteroatoms. The molecule has 0 heterocycles. The number of carbonyl (C=O) groups is 1. The minimum atomic E-state index is -0.253. The maximum Gasteiger partial charge on any atom is 0.244 e. The zero-order valence-corrected chi connectivity index (χ0v) is 12.3. The topological polar surface area (TPSA) is 29.1 Å². The van der Waals surface area contributed by atoms with Gasteiger partial charge in [0.15, 0.2) is 0 Å². The molecule has 0 fully saturated rings. The van der Waals surface area contributed by atoms with Gasteiger partial charge >= 0.3 is 0 Å². The summed E-state index contributed by atoms with van der Waals surface area (Å²) in [5.74, 6) is -0.382. The van der Waals surface area contributed by atoms with Crippen molar-refractivity contribution in [3.8, 4) is 0 Å². The van der Waals surface area contributed by atoms with Gasteiger partial charge in [-0.1, -0.05) is 36.4 Å². The Morgan fingerprint density at radius 2 is 1.95 bits per heavy atom. The molecule has 0 spiro atoms. The summed E-state index contributed by atoms with van der Waals surface area (Å²) in [6.45, 7) is 0.499. The largest absolute Gasteiger partial charge is 0.348 e. The first-order valence-electron chi connectivity index (χ1n) is 7.53. The molecule has 0 atom stereocenters. The zero-order valence-electron chi connectivity index (χ0n) is 12.3. The minimum absolute atomic E-state index is 0.129. The van der Waals surface area contributed by atoms with Gasteiger partial charge in [-0.3, -0.25) is 4.79 Å². The van der Waals surface area contributed by atoms with E-state index in [0.29, 0.717) is 6.54 Å². The van der Waals surface area contributed by atoms with Gasteiger partial charge in [0, 0.05) is 12.6 Å². The van der Waals surface area contributed by atoms with Crippen molar-refractivity contribution in [3.05, 3.63) is 77.1 Å². The Balaban J connectivity index is 1.73. The number of allylic oxidation sites excluding steroid dienone is 1. The van der Waals surface area contributed by atoms with Crippen molar-refractivity contribution >= 4 is 11.5 Å². The molecule has 0 saturated carbocycles. The van der Waals surface area contributed by atoms with Crippen LogP contribution in [0.4, 0.5) is 4.39 Å². The number of amides is 1. The van der Waals surface area contributed by atoms with E-state index in [1.54, 1.807) is 6.08 Å². The summed E-state index contributed by atoms with van der Waals surface area (Å²) in [6.07, 6.45) is 4.37. The van der Waals surface area contributed by atoms with E-state index in [2.05, 4.69) is 5.32 Å².